The molecule has 0 saturated heterocycles. The fourth-order valence-corrected chi connectivity index (χ4v) is 2.71. The first kappa shape index (κ1) is 21.8. The topological polar surface area (TPSA) is 115 Å². The molecule has 0 aromatic carbocycles. The van der Waals surface area contributed by atoms with E-state index in [9.17, 15) is 14.0 Å². The van der Waals surface area contributed by atoms with Gasteiger partial charge in [-0.1, -0.05) is 0 Å². The quantitative estimate of drug-likeness (QED) is 0.378. The molecule has 0 heterocycles. The van der Waals surface area contributed by atoms with E-state index in [1.165, 1.54) is 18.6 Å². The second-order valence-electron chi connectivity index (χ2n) is 4.87. The van der Waals surface area contributed by atoms with Crippen molar-refractivity contribution in [1.82, 2.24) is 0 Å². The molecule has 8 nitrogen and oxygen atoms in total. The maximum atomic E-state index is 11.3. The molecule has 0 bridgehead atoms. The Balaban J connectivity index is 3.44. The van der Waals surface area contributed by atoms with Crippen LogP contribution >= 0.6 is 0 Å². The molecular weight excluding hydrogens is 356 g/mol. The van der Waals surface area contributed by atoms with Crippen molar-refractivity contribution < 1.29 is 47.5 Å². The summed E-state index contributed by atoms with van der Waals surface area (Å²) in [5.74, 6) is -1.61. The van der Waals surface area contributed by atoms with Gasteiger partial charge in [0.1, 0.15) is 10.0 Å². The third kappa shape index (κ3) is 6.50. The molecule has 0 saturated carbocycles. The predicted molar refractivity (Wildman–Crippen MR) is 79.2 cm³/mol. The molecule has 0 amide bonds. The van der Waals surface area contributed by atoms with Gasteiger partial charge in [0.25, 0.3) is 0 Å². The van der Waals surface area contributed by atoms with E-state index in [0.29, 0.717) is 36.7 Å². The van der Waals surface area contributed by atoms with Crippen LogP contribution in [-0.4, -0.2) is 32.2 Å². The molecule has 25 heavy (non-hydrogen) atoms. The molecule has 0 aromatic rings. The van der Waals surface area contributed by atoms with Gasteiger partial charge >= 0.3 is 5.79 Å². The number of hydrogen-bond donors (Lipinski definition) is 0. The third-order valence-electron chi connectivity index (χ3n) is 3.12. The van der Waals surface area contributed by atoms with Crippen molar-refractivity contribution in [2.45, 2.75) is 39.9 Å². The second kappa shape index (κ2) is 10.0. The molecule has 9 heteroatoms. The van der Waals surface area contributed by atoms with Crippen molar-refractivity contribution in [2.24, 2.45) is 0 Å². The van der Waals surface area contributed by atoms with Crippen molar-refractivity contribution in [3.8, 4) is 0 Å². The van der Waals surface area contributed by atoms with Crippen LogP contribution in [0.4, 0.5) is 0 Å². The number of rotatable bonds is 10. The van der Waals surface area contributed by atoms with Gasteiger partial charge in [0.15, 0.2) is 0 Å². The lowest BCUT2D eigenvalue weighted by molar-refractivity contribution is -1.92. The van der Waals surface area contributed by atoms with Crippen LogP contribution in [0.3, 0.4) is 0 Å². The molecule has 0 radical (unpaired) electrons. The highest BCUT2D eigenvalue weighted by atomic mass is 35.7. The third-order valence-corrected chi connectivity index (χ3v) is 3.54. The summed E-state index contributed by atoms with van der Waals surface area (Å²) >= 11 is 0. The van der Waals surface area contributed by atoms with Gasteiger partial charge in [-0.2, -0.15) is 14.0 Å². The molecule has 0 fully saturated rings. The molecule has 1 atom stereocenters. The molecule has 144 valence electrons. The Hall–Kier alpha value is -1.29. The molecule has 1 unspecified atom stereocenters. The summed E-state index contributed by atoms with van der Waals surface area (Å²) in [6.07, 6.45) is 4.31. The highest BCUT2D eigenvalue weighted by Crippen LogP contribution is 2.40. The highest BCUT2D eigenvalue weighted by molar-refractivity contribution is 5.41. The van der Waals surface area contributed by atoms with Crippen molar-refractivity contribution in [1.29, 1.82) is 0 Å². The Bertz CT molecular complexity index is 509. The average Bonchev–Trinajstić information content (AvgIpc) is 2.52. The Morgan fingerprint density at radius 2 is 1.64 bits per heavy atom. The first-order valence-electron chi connectivity index (χ1n) is 8.05. The first-order chi connectivity index (χ1) is 11.8. The second-order valence-corrected chi connectivity index (χ2v) is 5.78. The van der Waals surface area contributed by atoms with Gasteiger partial charge in [0.05, 0.1) is 42.6 Å². The van der Waals surface area contributed by atoms with E-state index in [2.05, 4.69) is 0 Å². The van der Waals surface area contributed by atoms with E-state index in [-0.39, 0.29) is 13.0 Å². The maximum absolute atomic E-state index is 11.3. The minimum atomic E-state index is -4.76. The lowest BCUT2D eigenvalue weighted by Gasteiger charge is -2.33. The molecule has 0 aliphatic heterocycles. The van der Waals surface area contributed by atoms with Gasteiger partial charge in [0, 0.05) is 30.2 Å². The van der Waals surface area contributed by atoms with Crippen LogP contribution in [-0.2, 0) is 23.2 Å². The molecule has 0 N–H and O–H groups in total. The smallest absolute Gasteiger partial charge is 0.372 e. The fourth-order valence-electron chi connectivity index (χ4n) is 2.24. The summed E-state index contributed by atoms with van der Waals surface area (Å²) < 4.78 is 60.1. The summed E-state index contributed by atoms with van der Waals surface area (Å²) in [5, 5.41) is 0. The number of allylic oxidation sites excluding steroid dienone is 1. The van der Waals surface area contributed by atoms with Gasteiger partial charge in [0.2, 0.25) is 0 Å². The van der Waals surface area contributed by atoms with Gasteiger partial charge in [-0.25, -0.2) is 0 Å². The van der Waals surface area contributed by atoms with Gasteiger partial charge in [-0.3, -0.25) is 0 Å². The minimum Gasteiger partial charge on any atom is -0.501 e. The van der Waals surface area contributed by atoms with Crippen LogP contribution in [0.1, 0.15) is 34.1 Å². The maximum Gasteiger partial charge on any atom is 0.372 e. The molecular formula is C16H25ClO8. The fraction of sp³-hybridized carbons (Fsp3) is 0.625. The standard InChI is InChI=1S/C16H25ClO8/c1-5-21-11-13-9-14(12-22-6-2)16(24-8-4,25-17(18,19)20)10-15(13)23-7-3/h10-12H,5-9H2,1-4H3. The van der Waals surface area contributed by atoms with Crippen LogP contribution in [0.25, 0.3) is 0 Å². The van der Waals surface area contributed by atoms with E-state index in [1.54, 1.807) is 20.8 Å². The highest BCUT2D eigenvalue weighted by Gasteiger charge is 2.53. The van der Waals surface area contributed by atoms with Crippen molar-refractivity contribution in [3.05, 3.63) is 35.5 Å². The first-order valence-corrected chi connectivity index (χ1v) is 9.28. The molecule has 1 rings (SSSR count). The van der Waals surface area contributed by atoms with E-state index >= 15 is 0 Å². The van der Waals surface area contributed by atoms with Crippen LogP contribution in [0.2, 0.25) is 0 Å². The van der Waals surface area contributed by atoms with Crippen molar-refractivity contribution in [3.63, 3.8) is 0 Å². The lowest BCUT2D eigenvalue weighted by Crippen LogP contribution is -2.65. The molecule has 0 aromatic heterocycles. The van der Waals surface area contributed by atoms with E-state index in [0.717, 1.165) is 0 Å². The minimum absolute atomic E-state index is 0.0922. The van der Waals surface area contributed by atoms with Crippen molar-refractivity contribution in [2.75, 3.05) is 26.4 Å². The van der Waals surface area contributed by atoms with Crippen LogP contribution in [0.15, 0.2) is 35.5 Å². The summed E-state index contributed by atoms with van der Waals surface area (Å²) in [7, 11) is -4.76. The normalized spacial score (nSPS) is 24.4. The number of ether oxygens (including phenoxy) is 4. The SMILES string of the molecule is CCOC=C1CC(=COCC)C(OCC)(O[Cl+3]([O-])([O-])[O-])C=C1OCC. The number of hydrogen-bond acceptors (Lipinski definition) is 8. The summed E-state index contributed by atoms with van der Waals surface area (Å²) in [4.78, 5) is 0. The Morgan fingerprint density at radius 1 is 1.00 bits per heavy atom. The molecule has 1 aliphatic carbocycles. The van der Waals surface area contributed by atoms with E-state index < -0.39 is 16.0 Å². The Kier molecular flexibility index (Phi) is 8.70. The van der Waals surface area contributed by atoms with E-state index in [1.807, 2.05) is 6.92 Å². The molecule has 0 spiro atoms. The predicted octanol–water partition coefficient (Wildman–Crippen LogP) is -0.202. The van der Waals surface area contributed by atoms with Crippen molar-refractivity contribution >= 4 is 0 Å². The summed E-state index contributed by atoms with van der Waals surface area (Å²) in [6, 6.07) is 0. The zero-order chi connectivity index (χ0) is 18.9. The summed E-state index contributed by atoms with van der Waals surface area (Å²) in [6.45, 7) is 8.24. The van der Waals surface area contributed by atoms with Crippen LogP contribution in [0, 0.1) is 10.2 Å². The Labute approximate surface area is 150 Å². The van der Waals surface area contributed by atoms with Gasteiger partial charge < -0.3 is 18.9 Å². The average molecular weight is 381 g/mol. The lowest BCUT2D eigenvalue weighted by atomic mass is 9.91. The zero-order valence-corrected chi connectivity index (χ0v) is 15.7. The van der Waals surface area contributed by atoms with Gasteiger partial charge in [-0.05, 0) is 27.7 Å². The Morgan fingerprint density at radius 3 is 2.16 bits per heavy atom. The summed E-state index contributed by atoms with van der Waals surface area (Å²) in [5.41, 5.74) is 0.950. The van der Waals surface area contributed by atoms with Crippen LogP contribution < -0.4 is 14.0 Å². The van der Waals surface area contributed by atoms with E-state index in [4.69, 9.17) is 23.2 Å². The largest absolute Gasteiger partial charge is 0.501 e. The monoisotopic (exact) mass is 380 g/mol. The zero-order valence-electron chi connectivity index (χ0n) is 14.9. The van der Waals surface area contributed by atoms with Crippen LogP contribution in [0.5, 0.6) is 0 Å². The molecule has 1 aliphatic rings. The van der Waals surface area contributed by atoms with Gasteiger partial charge in [-0.15, -0.1) is 0 Å². The number of halogens is 1.